The summed E-state index contributed by atoms with van der Waals surface area (Å²) >= 11 is 0. The number of ether oxygens (including phenoxy) is 1. The summed E-state index contributed by atoms with van der Waals surface area (Å²) in [6.45, 7) is 3.03. The second kappa shape index (κ2) is 2.57. The van der Waals surface area contributed by atoms with Crippen molar-refractivity contribution in [1.82, 2.24) is 0 Å². The first kappa shape index (κ1) is 6.71. The summed E-state index contributed by atoms with van der Waals surface area (Å²) in [7, 11) is 0. The third-order valence-corrected chi connectivity index (χ3v) is 2.18. The Balaban J connectivity index is 2.50. The summed E-state index contributed by atoms with van der Waals surface area (Å²) in [6.07, 6.45) is 2.16. The standard InChI is InChI=1S/C10H12O/c1-2-8-4-3-5-9-6-7-11-10(8)9/h3-5H,2,6-7H2,1H3. The van der Waals surface area contributed by atoms with Crippen LogP contribution in [0.25, 0.3) is 0 Å². The highest BCUT2D eigenvalue weighted by atomic mass is 16.5. The maximum atomic E-state index is 5.52. The van der Waals surface area contributed by atoms with Crippen molar-refractivity contribution in [1.29, 1.82) is 0 Å². The Labute approximate surface area is 67.0 Å². The zero-order valence-corrected chi connectivity index (χ0v) is 6.76. The molecule has 0 aliphatic carbocycles. The Hall–Kier alpha value is -0.980. The molecule has 0 saturated carbocycles. The van der Waals surface area contributed by atoms with Crippen molar-refractivity contribution in [2.75, 3.05) is 6.61 Å². The summed E-state index contributed by atoms with van der Waals surface area (Å²) in [4.78, 5) is 0. The Bertz CT molecular complexity index is 266. The molecule has 0 amide bonds. The lowest BCUT2D eigenvalue weighted by Crippen LogP contribution is -1.89. The van der Waals surface area contributed by atoms with Crippen molar-refractivity contribution in [3.63, 3.8) is 0 Å². The molecule has 1 heteroatoms. The fourth-order valence-electron chi connectivity index (χ4n) is 1.56. The van der Waals surface area contributed by atoms with Crippen LogP contribution in [0.5, 0.6) is 5.75 Å². The first-order valence-corrected chi connectivity index (χ1v) is 4.15. The third kappa shape index (κ3) is 1.01. The van der Waals surface area contributed by atoms with Gasteiger partial charge < -0.3 is 4.74 Å². The van der Waals surface area contributed by atoms with Gasteiger partial charge in [-0.25, -0.2) is 0 Å². The Morgan fingerprint density at radius 2 is 2.36 bits per heavy atom. The molecule has 58 valence electrons. The number of para-hydroxylation sites is 1. The van der Waals surface area contributed by atoms with Crippen molar-refractivity contribution in [2.24, 2.45) is 0 Å². The highest BCUT2D eigenvalue weighted by Gasteiger charge is 2.13. The maximum Gasteiger partial charge on any atom is 0.125 e. The molecule has 1 aliphatic heterocycles. The molecule has 0 aromatic heterocycles. The topological polar surface area (TPSA) is 9.23 Å². The van der Waals surface area contributed by atoms with Gasteiger partial charge in [-0.2, -0.15) is 0 Å². The van der Waals surface area contributed by atoms with Crippen molar-refractivity contribution in [2.45, 2.75) is 19.8 Å². The summed E-state index contributed by atoms with van der Waals surface area (Å²) < 4.78 is 5.52. The molecule has 1 nitrogen and oxygen atoms in total. The Morgan fingerprint density at radius 3 is 3.18 bits per heavy atom. The highest BCUT2D eigenvalue weighted by molar-refractivity contribution is 5.43. The smallest absolute Gasteiger partial charge is 0.125 e. The number of fused-ring (bicyclic) bond motifs is 1. The minimum atomic E-state index is 0.867. The van der Waals surface area contributed by atoms with E-state index >= 15 is 0 Å². The van der Waals surface area contributed by atoms with E-state index in [-0.39, 0.29) is 0 Å². The number of hydrogen-bond donors (Lipinski definition) is 0. The first-order valence-electron chi connectivity index (χ1n) is 4.15. The molecule has 1 aromatic carbocycles. The van der Waals surface area contributed by atoms with E-state index in [1.165, 1.54) is 11.1 Å². The van der Waals surface area contributed by atoms with Gasteiger partial charge in [0.15, 0.2) is 0 Å². The lowest BCUT2D eigenvalue weighted by atomic mass is 10.1. The van der Waals surface area contributed by atoms with E-state index in [1.54, 1.807) is 0 Å². The Kier molecular flexibility index (Phi) is 1.57. The lowest BCUT2D eigenvalue weighted by molar-refractivity contribution is 0.353. The number of hydrogen-bond acceptors (Lipinski definition) is 1. The van der Waals surface area contributed by atoms with Gasteiger partial charge in [0, 0.05) is 6.42 Å². The van der Waals surface area contributed by atoms with Crippen molar-refractivity contribution >= 4 is 0 Å². The molecule has 1 aromatic rings. The van der Waals surface area contributed by atoms with Gasteiger partial charge in [-0.1, -0.05) is 25.1 Å². The normalized spacial score (nSPS) is 14.3. The first-order chi connectivity index (χ1) is 5.42. The van der Waals surface area contributed by atoms with Gasteiger partial charge in [0.1, 0.15) is 5.75 Å². The number of rotatable bonds is 1. The average molecular weight is 148 g/mol. The predicted octanol–water partition coefficient (Wildman–Crippen LogP) is 2.18. The fraction of sp³-hybridized carbons (Fsp3) is 0.400. The summed E-state index contributed by atoms with van der Waals surface area (Å²) in [6, 6.07) is 6.41. The molecule has 0 spiro atoms. The van der Waals surface area contributed by atoms with E-state index in [9.17, 15) is 0 Å². The second-order valence-electron chi connectivity index (χ2n) is 2.86. The van der Waals surface area contributed by atoms with Crippen LogP contribution in [0.2, 0.25) is 0 Å². The Morgan fingerprint density at radius 1 is 1.45 bits per heavy atom. The van der Waals surface area contributed by atoms with Crippen molar-refractivity contribution < 1.29 is 4.74 Å². The van der Waals surface area contributed by atoms with Gasteiger partial charge >= 0.3 is 0 Å². The third-order valence-electron chi connectivity index (χ3n) is 2.18. The van der Waals surface area contributed by atoms with Gasteiger partial charge in [0.25, 0.3) is 0 Å². The van der Waals surface area contributed by atoms with E-state index in [2.05, 4.69) is 25.1 Å². The van der Waals surface area contributed by atoms with Gasteiger partial charge in [-0.15, -0.1) is 0 Å². The molecule has 0 fully saturated rings. The lowest BCUT2D eigenvalue weighted by Gasteiger charge is -2.03. The molecule has 1 aliphatic rings. The van der Waals surface area contributed by atoms with Crippen LogP contribution in [0, 0.1) is 0 Å². The average Bonchev–Trinajstić information content (AvgIpc) is 2.50. The molecule has 0 atom stereocenters. The minimum Gasteiger partial charge on any atom is -0.493 e. The molecular formula is C10H12O. The zero-order chi connectivity index (χ0) is 7.68. The van der Waals surface area contributed by atoms with Gasteiger partial charge in [0.2, 0.25) is 0 Å². The largest absolute Gasteiger partial charge is 0.493 e. The molecule has 0 unspecified atom stereocenters. The molecule has 0 bridgehead atoms. The van der Waals surface area contributed by atoms with Gasteiger partial charge in [-0.3, -0.25) is 0 Å². The predicted molar refractivity (Wildman–Crippen MR) is 45.0 cm³/mol. The molecule has 0 radical (unpaired) electrons. The van der Waals surface area contributed by atoms with Crippen LogP contribution < -0.4 is 4.74 Å². The second-order valence-corrected chi connectivity index (χ2v) is 2.86. The van der Waals surface area contributed by atoms with Crippen LogP contribution in [0.1, 0.15) is 18.1 Å². The van der Waals surface area contributed by atoms with Crippen LogP contribution in [-0.4, -0.2) is 6.61 Å². The van der Waals surface area contributed by atoms with E-state index in [4.69, 9.17) is 4.74 Å². The minimum absolute atomic E-state index is 0.867. The van der Waals surface area contributed by atoms with E-state index in [0.29, 0.717) is 0 Å². The van der Waals surface area contributed by atoms with Crippen molar-refractivity contribution in [3.8, 4) is 5.75 Å². The van der Waals surface area contributed by atoms with Crippen LogP contribution in [0.4, 0.5) is 0 Å². The van der Waals surface area contributed by atoms with Gasteiger partial charge in [0.05, 0.1) is 6.61 Å². The van der Waals surface area contributed by atoms with E-state index < -0.39 is 0 Å². The molecular weight excluding hydrogens is 136 g/mol. The van der Waals surface area contributed by atoms with E-state index in [1.807, 2.05) is 0 Å². The summed E-state index contributed by atoms with van der Waals surface area (Å²) in [5, 5.41) is 0. The summed E-state index contributed by atoms with van der Waals surface area (Å²) in [5.74, 6) is 1.15. The number of benzene rings is 1. The maximum absolute atomic E-state index is 5.52. The highest BCUT2D eigenvalue weighted by Crippen LogP contribution is 2.29. The SMILES string of the molecule is CCc1cccc2c1OCC2. The number of aryl methyl sites for hydroxylation is 1. The van der Waals surface area contributed by atoms with Crippen LogP contribution in [0.15, 0.2) is 18.2 Å². The van der Waals surface area contributed by atoms with Gasteiger partial charge in [-0.05, 0) is 17.5 Å². The zero-order valence-electron chi connectivity index (χ0n) is 6.76. The monoisotopic (exact) mass is 148 g/mol. The molecule has 0 saturated heterocycles. The molecule has 0 N–H and O–H groups in total. The molecule has 11 heavy (non-hydrogen) atoms. The molecule has 2 rings (SSSR count). The fourth-order valence-corrected chi connectivity index (χ4v) is 1.56. The van der Waals surface area contributed by atoms with Crippen LogP contribution >= 0.6 is 0 Å². The van der Waals surface area contributed by atoms with Crippen LogP contribution in [0.3, 0.4) is 0 Å². The van der Waals surface area contributed by atoms with Crippen LogP contribution in [-0.2, 0) is 12.8 Å². The molecule has 1 heterocycles. The summed E-state index contributed by atoms with van der Waals surface area (Å²) in [5.41, 5.74) is 2.73. The van der Waals surface area contributed by atoms with Crippen molar-refractivity contribution in [3.05, 3.63) is 29.3 Å². The quantitative estimate of drug-likeness (QED) is 0.593. The van der Waals surface area contributed by atoms with E-state index in [0.717, 1.165) is 25.2 Å².